The molecule has 1 aliphatic carbocycles. The molecule has 2 atom stereocenters. The van der Waals surface area contributed by atoms with E-state index in [9.17, 15) is 0 Å². The zero-order chi connectivity index (χ0) is 13.7. The molecule has 2 rings (SSSR count). The summed E-state index contributed by atoms with van der Waals surface area (Å²) in [6.45, 7) is 10.5. The number of nitrogens with zero attached hydrogens (tertiary/aromatic N) is 1. The molecule has 0 radical (unpaired) electrons. The molecular formula is C17H32N2. The Kier molecular flexibility index (Phi) is 5.90. The summed E-state index contributed by atoms with van der Waals surface area (Å²) < 4.78 is 0. The molecule has 1 N–H and O–H groups in total. The third-order valence-corrected chi connectivity index (χ3v) is 4.91. The van der Waals surface area contributed by atoms with Crippen molar-refractivity contribution in [1.29, 1.82) is 0 Å². The fourth-order valence-electron chi connectivity index (χ4n) is 3.46. The maximum atomic E-state index is 3.95. The van der Waals surface area contributed by atoms with Gasteiger partial charge in [-0.3, -0.25) is 4.90 Å². The van der Waals surface area contributed by atoms with Crippen LogP contribution >= 0.6 is 0 Å². The van der Waals surface area contributed by atoms with Crippen molar-refractivity contribution < 1.29 is 0 Å². The van der Waals surface area contributed by atoms with Crippen LogP contribution in [0.25, 0.3) is 0 Å². The number of allylic oxidation sites excluding steroid dienone is 1. The summed E-state index contributed by atoms with van der Waals surface area (Å²) in [6.07, 6.45) is 10.7. The lowest BCUT2D eigenvalue weighted by molar-refractivity contribution is 0.181. The molecule has 1 aliphatic heterocycles. The van der Waals surface area contributed by atoms with Crippen LogP contribution < -0.4 is 5.32 Å². The summed E-state index contributed by atoms with van der Waals surface area (Å²) >= 11 is 0. The second-order valence-electron chi connectivity index (χ2n) is 6.89. The van der Waals surface area contributed by atoms with E-state index in [4.69, 9.17) is 0 Å². The summed E-state index contributed by atoms with van der Waals surface area (Å²) in [5.74, 6) is 0.887. The summed E-state index contributed by atoms with van der Waals surface area (Å²) in [7, 11) is 0. The number of hydrogen-bond donors (Lipinski definition) is 1. The quantitative estimate of drug-likeness (QED) is 0.781. The molecule has 2 heteroatoms. The van der Waals surface area contributed by atoms with Gasteiger partial charge in [-0.1, -0.05) is 31.4 Å². The molecule has 1 saturated heterocycles. The topological polar surface area (TPSA) is 15.3 Å². The Labute approximate surface area is 119 Å². The van der Waals surface area contributed by atoms with Crippen LogP contribution in [-0.4, -0.2) is 36.6 Å². The molecule has 2 fully saturated rings. The molecule has 0 bridgehead atoms. The van der Waals surface area contributed by atoms with Crippen molar-refractivity contribution in [3.63, 3.8) is 0 Å². The van der Waals surface area contributed by atoms with E-state index in [1.54, 1.807) is 0 Å². The van der Waals surface area contributed by atoms with Gasteiger partial charge in [0.15, 0.2) is 0 Å². The first kappa shape index (κ1) is 15.1. The highest BCUT2D eigenvalue weighted by Gasteiger charge is 2.25. The van der Waals surface area contributed by atoms with Gasteiger partial charge in [0.1, 0.15) is 0 Å². The maximum Gasteiger partial charge on any atom is 0.0165 e. The highest BCUT2D eigenvalue weighted by molar-refractivity contribution is 4.96. The van der Waals surface area contributed by atoms with Crippen LogP contribution in [0.15, 0.2) is 11.6 Å². The van der Waals surface area contributed by atoms with E-state index in [1.807, 2.05) is 0 Å². The van der Waals surface area contributed by atoms with E-state index in [1.165, 1.54) is 57.2 Å². The Morgan fingerprint density at radius 3 is 2.42 bits per heavy atom. The highest BCUT2D eigenvalue weighted by Crippen LogP contribution is 2.25. The van der Waals surface area contributed by atoms with Crippen molar-refractivity contribution in [2.75, 3.05) is 19.6 Å². The minimum atomic E-state index is 0.772. The van der Waals surface area contributed by atoms with Crippen molar-refractivity contribution in [1.82, 2.24) is 10.2 Å². The van der Waals surface area contributed by atoms with Gasteiger partial charge in [-0.2, -0.15) is 0 Å². The Morgan fingerprint density at radius 2 is 1.79 bits per heavy atom. The maximum absolute atomic E-state index is 3.95. The zero-order valence-electron chi connectivity index (χ0n) is 13.1. The van der Waals surface area contributed by atoms with Gasteiger partial charge in [-0.05, 0) is 58.5 Å². The minimum Gasteiger partial charge on any atom is -0.311 e. The van der Waals surface area contributed by atoms with Crippen molar-refractivity contribution in [3.05, 3.63) is 11.6 Å². The molecule has 2 unspecified atom stereocenters. The fourth-order valence-corrected chi connectivity index (χ4v) is 3.46. The second-order valence-corrected chi connectivity index (χ2v) is 6.89. The first-order valence-electron chi connectivity index (χ1n) is 8.27. The van der Waals surface area contributed by atoms with Gasteiger partial charge in [0.2, 0.25) is 0 Å². The van der Waals surface area contributed by atoms with Crippen molar-refractivity contribution in [2.45, 2.75) is 71.4 Å². The van der Waals surface area contributed by atoms with Crippen molar-refractivity contribution in [3.8, 4) is 0 Å². The van der Waals surface area contributed by atoms with Gasteiger partial charge in [-0.15, -0.1) is 0 Å². The van der Waals surface area contributed by atoms with Crippen LogP contribution in [0.1, 0.15) is 59.3 Å². The molecule has 0 aromatic heterocycles. The third kappa shape index (κ3) is 4.92. The predicted molar refractivity (Wildman–Crippen MR) is 83.4 cm³/mol. The molecular weight excluding hydrogens is 232 g/mol. The first-order valence-corrected chi connectivity index (χ1v) is 8.27. The number of hydrogen-bond acceptors (Lipinski definition) is 2. The molecule has 0 aromatic rings. The minimum absolute atomic E-state index is 0.772. The average Bonchev–Trinajstić information content (AvgIpc) is 2.40. The predicted octanol–water partition coefficient (Wildman–Crippen LogP) is 3.59. The molecule has 2 aliphatic rings. The average molecular weight is 264 g/mol. The van der Waals surface area contributed by atoms with Gasteiger partial charge >= 0.3 is 0 Å². The van der Waals surface area contributed by atoms with Gasteiger partial charge < -0.3 is 5.32 Å². The third-order valence-electron chi connectivity index (χ3n) is 4.91. The monoisotopic (exact) mass is 264 g/mol. The van der Waals surface area contributed by atoms with E-state index < -0.39 is 0 Å². The van der Waals surface area contributed by atoms with Crippen LogP contribution in [0.3, 0.4) is 0 Å². The van der Waals surface area contributed by atoms with Gasteiger partial charge in [-0.25, -0.2) is 0 Å². The summed E-state index contributed by atoms with van der Waals surface area (Å²) in [6, 6.07) is 1.57. The number of nitrogens with one attached hydrogen (secondary N) is 1. The first-order chi connectivity index (χ1) is 9.15. The Hall–Kier alpha value is -0.340. The second kappa shape index (κ2) is 7.44. The standard InChI is InChI=1S/C17H32N2/c1-14(2)8-11-19-12-9-16(10-13-19)18-17-7-5-4-6-15(17)3/h8,15-18H,4-7,9-13H2,1-3H3. The van der Waals surface area contributed by atoms with E-state index in [-0.39, 0.29) is 0 Å². The Balaban J connectivity index is 1.69. The van der Waals surface area contributed by atoms with E-state index in [0.29, 0.717) is 0 Å². The van der Waals surface area contributed by atoms with Crippen molar-refractivity contribution >= 4 is 0 Å². The lowest BCUT2D eigenvalue weighted by Gasteiger charge is -2.37. The van der Waals surface area contributed by atoms with Gasteiger partial charge in [0.25, 0.3) is 0 Å². The van der Waals surface area contributed by atoms with E-state index in [2.05, 4.69) is 37.1 Å². The molecule has 2 nitrogen and oxygen atoms in total. The smallest absolute Gasteiger partial charge is 0.0165 e. The lowest BCUT2D eigenvalue weighted by atomic mass is 9.85. The van der Waals surface area contributed by atoms with Gasteiger partial charge in [0.05, 0.1) is 0 Å². The summed E-state index contributed by atoms with van der Waals surface area (Å²) in [5.41, 5.74) is 1.44. The molecule has 19 heavy (non-hydrogen) atoms. The molecule has 1 saturated carbocycles. The van der Waals surface area contributed by atoms with Crippen LogP contribution in [0, 0.1) is 5.92 Å². The molecule has 1 heterocycles. The van der Waals surface area contributed by atoms with Crippen LogP contribution in [0.2, 0.25) is 0 Å². The molecule has 0 amide bonds. The largest absolute Gasteiger partial charge is 0.311 e. The molecule has 110 valence electrons. The van der Waals surface area contributed by atoms with E-state index in [0.717, 1.165) is 24.5 Å². The lowest BCUT2D eigenvalue weighted by Crippen LogP contribution is -2.48. The fraction of sp³-hybridized carbons (Fsp3) is 0.882. The SMILES string of the molecule is CC(C)=CCN1CCC(NC2CCCCC2C)CC1. The van der Waals surface area contributed by atoms with Crippen LogP contribution in [0.5, 0.6) is 0 Å². The van der Waals surface area contributed by atoms with E-state index >= 15 is 0 Å². The number of rotatable bonds is 4. The van der Waals surface area contributed by atoms with Crippen molar-refractivity contribution in [2.24, 2.45) is 5.92 Å². The Bertz CT molecular complexity index is 286. The molecule has 0 spiro atoms. The number of likely N-dealkylation sites (tertiary alicyclic amines) is 1. The Morgan fingerprint density at radius 1 is 1.11 bits per heavy atom. The normalized spacial score (nSPS) is 30.3. The highest BCUT2D eigenvalue weighted by atomic mass is 15.1. The summed E-state index contributed by atoms with van der Waals surface area (Å²) in [5, 5.41) is 3.95. The van der Waals surface area contributed by atoms with Gasteiger partial charge in [0, 0.05) is 18.6 Å². The van der Waals surface area contributed by atoms with Crippen LogP contribution in [-0.2, 0) is 0 Å². The van der Waals surface area contributed by atoms with Crippen LogP contribution in [0.4, 0.5) is 0 Å². The zero-order valence-corrected chi connectivity index (χ0v) is 13.1. The molecule has 0 aromatic carbocycles. The number of piperidine rings is 1. The summed E-state index contributed by atoms with van der Waals surface area (Å²) in [4.78, 5) is 2.59.